The van der Waals surface area contributed by atoms with Crippen LogP contribution in [0.2, 0.25) is 0 Å². The summed E-state index contributed by atoms with van der Waals surface area (Å²) < 4.78 is 16.4. The normalized spacial score (nSPS) is 12.4. The summed E-state index contributed by atoms with van der Waals surface area (Å²) in [6.45, 7) is 6.96. The van der Waals surface area contributed by atoms with Gasteiger partial charge < -0.3 is 19.5 Å². The summed E-state index contributed by atoms with van der Waals surface area (Å²) in [6, 6.07) is 5.50. The first-order valence-corrected chi connectivity index (χ1v) is 10.9. The van der Waals surface area contributed by atoms with Crippen LogP contribution in [0.1, 0.15) is 53.6 Å². The standard InChI is InChI=1S/C22H27NO5S/c1-4-26-16-11-10-14(12-17(16)27-5-2)13-19(24)23-21-20(22(25)28-6-3)15-8-7-9-18(15)29-21/h10-12H,4-9,13H2,1-3H3,(H,23,24). The van der Waals surface area contributed by atoms with Gasteiger partial charge in [0.2, 0.25) is 5.91 Å². The van der Waals surface area contributed by atoms with Gasteiger partial charge in [0.1, 0.15) is 5.00 Å². The van der Waals surface area contributed by atoms with Crippen molar-refractivity contribution in [2.75, 3.05) is 25.1 Å². The Morgan fingerprint density at radius 3 is 2.52 bits per heavy atom. The van der Waals surface area contributed by atoms with Crippen LogP contribution >= 0.6 is 11.3 Å². The molecule has 1 heterocycles. The number of anilines is 1. The van der Waals surface area contributed by atoms with Gasteiger partial charge in [-0.05, 0) is 63.3 Å². The van der Waals surface area contributed by atoms with Gasteiger partial charge in [0.05, 0.1) is 31.8 Å². The highest BCUT2D eigenvalue weighted by Gasteiger charge is 2.28. The zero-order chi connectivity index (χ0) is 20.8. The van der Waals surface area contributed by atoms with Crippen molar-refractivity contribution in [1.29, 1.82) is 0 Å². The van der Waals surface area contributed by atoms with Crippen molar-refractivity contribution in [1.82, 2.24) is 0 Å². The lowest BCUT2D eigenvalue weighted by molar-refractivity contribution is -0.115. The molecule has 6 nitrogen and oxygen atoms in total. The van der Waals surface area contributed by atoms with E-state index in [1.54, 1.807) is 6.92 Å². The molecular formula is C22H27NO5S. The highest BCUT2D eigenvalue weighted by Crippen LogP contribution is 2.39. The van der Waals surface area contributed by atoms with Gasteiger partial charge in [-0.15, -0.1) is 11.3 Å². The quantitative estimate of drug-likeness (QED) is 0.613. The Labute approximate surface area is 175 Å². The fraction of sp³-hybridized carbons (Fsp3) is 0.455. The predicted octanol–water partition coefficient (Wildman–Crippen LogP) is 4.39. The van der Waals surface area contributed by atoms with E-state index in [0.29, 0.717) is 41.9 Å². The summed E-state index contributed by atoms with van der Waals surface area (Å²) in [7, 11) is 0. The molecule has 0 saturated carbocycles. The first-order valence-electron chi connectivity index (χ1n) is 10.1. The lowest BCUT2D eigenvalue weighted by atomic mass is 10.1. The minimum Gasteiger partial charge on any atom is -0.490 e. The summed E-state index contributed by atoms with van der Waals surface area (Å²) in [5, 5.41) is 3.52. The molecule has 0 spiro atoms. The fourth-order valence-corrected chi connectivity index (χ4v) is 4.77. The molecule has 1 aromatic heterocycles. The van der Waals surface area contributed by atoms with Crippen molar-refractivity contribution in [2.45, 2.75) is 46.5 Å². The molecule has 3 rings (SSSR count). The summed E-state index contributed by atoms with van der Waals surface area (Å²) in [6.07, 6.45) is 3.01. The summed E-state index contributed by atoms with van der Waals surface area (Å²) in [5.74, 6) is 0.753. The molecule has 0 bridgehead atoms. The van der Waals surface area contributed by atoms with E-state index in [0.717, 1.165) is 30.4 Å². The van der Waals surface area contributed by atoms with Crippen LogP contribution < -0.4 is 14.8 Å². The highest BCUT2D eigenvalue weighted by atomic mass is 32.1. The average Bonchev–Trinajstić information content (AvgIpc) is 3.25. The smallest absolute Gasteiger partial charge is 0.341 e. The average molecular weight is 418 g/mol. The number of aryl methyl sites for hydroxylation is 1. The first kappa shape index (κ1) is 21.2. The zero-order valence-electron chi connectivity index (χ0n) is 17.1. The van der Waals surface area contributed by atoms with E-state index < -0.39 is 0 Å². The minimum atomic E-state index is -0.359. The van der Waals surface area contributed by atoms with E-state index in [4.69, 9.17) is 14.2 Å². The number of nitrogens with one attached hydrogen (secondary N) is 1. The van der Waals surface area contributed by atoms with E-state index in [2.05, 4.69) is 5.32 Å². The predicted molar refractivity (Wildman–Crippen MR) is 113 cm³/mol. The Balaban J connectivity index is 1.76. The minimum absolute atomic E-state index is 0.178. The molecule has 2 aromatic rings. The molecule has 1 aromatic carbocycles. The van der Waals surface area contributed by atoms with Gasteiger partial charge in [0.25, 0.3) is 0 Å². The number of fused-ring (bicyclic) bond motifs is 1. The molecular weight excluding hydrogens is 390 g/mol. The van der Waals surface area contributed by atoms with Gasteiger partial charge in [-0.3, -0.25) is 4.79 Å². The second kappa shape index (κ2) is 9.78. The van der Waals surface area contributed by atoms with E-state index in [1.807, 2.05) is 32.0 Å². The van der Waals surface area contributed by atoms with E-state index in [9.17, 15) is 9.59 Å². The Bertz CT molecular complexity index is 890. The second-order valence-electron chi connectivity index (χ2n) is 6.65. The monoisotopic (exact) mass is 417 g/mol. The number of hydrogen-bond acceptors (Lipinski definition) is 6. The summed E-state index contributed by atoms with van der Waals surface area (Å²) >= 11 is 1.48. The topological polar surface area (TPSA) is 73.9 Å². The van der Waals surface area contributed by atoms with Crippen molar-refractivity contribution in [3.05, 3.63) is 39.8 Å². The second-order valence-corrected chi connectivity index (χ2v) is 7.76. The maximum absolute atomic E-state index is 12.7. The molecule has 156 valence electrons. The van der Waals surface area contributed by atoms with E-state index in [1.165, 1.54) is 16.2 Å². The lowest BCUT2D eigenvalue weighted by Gasteiger charge is -2.12. The third-order valence-electron chi connectivity index (χ3n) is 4.63. The molecule has 0 saturated heterocycles. The van der Waals surface area contributed by atoms with Gasteiger partial charge in [0.15, 0.2) is 11.5 Å². The van der Waals surface area contributed by atoms with Crippen molar-refractivity contribution in [2.24, 2.45) is 0 Å². The van der Waals surface area contributed by atoms with Crippen LogP contribution in [0, 0.1) is 0 Å². The Hall–Kier alpha value is -2.54. The zero-order valence-corrected chi connectivity index (χ0v) is 17.9. The highest BCUT2D eigenvalue weighted by molar-refractivity contribution is 7.17. The van der Waals surface area contributed by atoms with Gasteiger partial charge in [-0.25, -0.2) is 4.79 Å². The molecule has 0 unspecified atom stereocenters. The molecule has 1 aliphatic carbocycles. The number of rotatable bonds is 9. The van der Waals surface area contributed by atoms with Gasteiger partial charge >= 0.3 is 5.97 Å². The number of carbonyl (C=O) groups excluding carboxylic acids is 2. The number of carbonyl (C=O) groups is 2. The third-order valence-corrected chi connectivity index (χ3v) is 5.83. The number of thiophene rings is 1. The molecule has 1 amide bonds. The van der Waals surface area contributed by atoms with Crippen molar-refractivity contribution in [3.8, 4) is 11.5 Å². The number of hydrogen-bond donors (Lipinski definition) is 1. The lowest BCUT2D eigenvalue weighted by Crippen LogP contribution is -2.17. The molecule has 1 N–H and O–H groups in total. The number of benzene rings is 1. The largest absolute Gasteiger partial charge is 0.490 e. The molecule has 0 radical (unpaired) electrons. The van der Waals surface area contributed by atoms with Crippen LogP contribution in [0.3, 0.4) is 0 Å². The van der Waals surface area contributed by atoms with E-state index >= 15 is 0 Å². The molecule has 7 heteroatoms. The molecule has 0 aliphatic heterocycles. The number of esters is 1. The van der Waals surface area contributed by atoms with Crippen molar-refractivity contribution in [3.63, 3.8) is 0 Å². The van der Waals surface area contributed by atoms with Crippen LogP contribution in [0.4, 0.5) is 5.00 Å². The van der Waals surface area contributed by atoms with Gasteiger partial charge in [0, 0.05) is 4.88 Å². The Kier molecular flexibility index (Phi) is 7.14. The molecule has 0 fully saturated rings. The molecule has 0 atom stereocenters. The van der Waals surface area contributed by atoms with Crippen molar-refractivity contribution < 1.29 is 23.8 Å². The Morgan fingerprint density at radius 2 is 1.79 bits per heavy atom. The van der Waals surface area contributed by atoms with Crippen LogP contribution in [0.5, 0.6) is 11.5 Å². The van der Waals surface area contributed by atoms with E-state index in [-0.39, 0.29) is 18.3 Å². The van der Waals surface area contributed by atoms with Crippen LogP contribution in [0.25, 0.3) is 0 Å². The SMILES string of the molecule is CCOC(=O)c1c(NC(=O)Cc2ccc(OCC)c(OCC)c2)sc2c1CCC2. The Morgan fingerprint density at radius 1 is 1.03 bits per heavy atom. The molecule has 1 aliphatic rings. The summed E-state index contributed by atoms with van der Waals surface area (Å²) in [5.41, 5.74) is 2.37. The molecule has 29 heavy (non-hydrogen) atoms. The number of amides is 1. The number of ether oxygens (including phenoxy) is 3. The third kappa shape index (κ3) is 4.90. The van der Waals surface area contributed by atoms with Crippen LogP contribution in [0.15, 0.2) is 18.2 Å². The van der Waals surface area contributed by atoms with Crippen LogP contribution in [-0.4, -0.2) is 31.7 Å². The fourth-order valence-electron chi connectivity index (χ4n) is 3.47. The summed E-state index contributed by atoms with van der Waals surface area (Å²) in [4.78, 5) is 26.3. The van der Waals surface area contributed by atoms with Crippen molar-refractivity contribution >= 4 is 28.2 Å². The van der Waals surface area contributed by atoms with Gasteiger partial charge in [-0.2, -0.15) is 0 Å². The van der Waals surface area contributed by atoms with Crippen LogP contribution in [-0.2, 0) is 28.8 Å². The first-order chi connectivity index (χ1) is 14.1. The maximum Gasteiger partial charge on any atom is 0.341 e. The maximum atomic E-state index is 12.7. The van der Waals surface area contributed by atoms with Gasteiger partial charge in [-0.1, -0.05) is 6.07 Å².